The van der Waals surface area contributed by atoms with E-state index in [-0.39, 0.29) is 18.1 Å². The lowest BCUT2D eigenvalue weighted by atomic mass is 10.3. The topological polar surface area (TPSA) is 46.1 Å². The van der Waals surface area contributed by atoms with E-state index in [2.05, 4.69) is 10.6 Å². The second-order valence-electron chi connectivity index (χ2n) is 4.44. The Hall–Kier alpha value is -2.14. The molecule has 2 N–H and O–H groups in total. The van der Waals surface area contributed by atoms with Crippen LogP contribution in [0, 0.1) is 5.82 Å². The summed E-state index contributed by atoms with van der Waals surface area (Å²) in [6, 6.07) is 9.99. The van der Waals surface area contributed by atoms with E-state index in [9.17, 15) is 9.18 Å². The minimum absolute atomic E-state index is 0.169. The molecular weight excluding hydrogens is 257 g/mol. The number of aromatic nitrogens is 1. The molecule has 20 heavy (non-hydrogen) atoms. The van der Waals surface area contributed by atoms with Gasteiger partial charge in [-0.05, 0) is 30.8 Å². The standard InChI is InChI=1S/C15H18FN3O/c1-2-17-10-12-6-5-9-19(12)11-15(20)18-14-8-4-3-7-13(14)16/h3-9,17H,2,10-11H2,1H3,(H,18,20). The van der Waals surface area contributed by atoms with Crippen LogP contribution in [-0.2, 0) is 17.9 Å². The summed E-state index contributed by atoms with van der Waals surface area (Å²) in [7, 11) is 0. The number of anilines is 1. The van der Waals surface area contributed by atoms with Gasteiger partial charge in [0.15, 0.2) is 0 Å². The van der Waals surface area contributed by atoms with Crippen molar-refractivity contribution in [2.75, 3.05) is 11.9 Å². The van der Waals surface area contributed by atoms with Crippen molar-refractivity contribution in [2.45, 2.75) is 20.0 Å². The zero-order chi connectivity index (χ0) is 14.4. The minimum atomic E-state index is -0.429. The van der Waals surface area contributed by atoms with Crippen molar-refractivity contribution in [1.29, 1.82) is 0 Å². The molecule has 0 atom stereocenters. The first kappa shape index (κ1) is 14.3. The van der Waals surface area contributed by atoms with E-state index in [1.165, 1.54) is 6.07 Å². The average molecular weight is 275 g/mol. The van der Waals surface area contributed by atoms with E-state index in [0.717, 1.165) is 12.2 Å². The van der Waals surface area contributed by atoms with Gasteiger partial charge in [-0.15, -0.1) is 0 Å². The van der Waals surface area contributed by atoms with Gasteiger partial charge < -0.3 is 15.2 Å². The average Bonchev–Trinajstić information content (AvgIpc) is 2.86. The third kappa shape index (κ3) is 3.68. The summed E-state index contributed by atoms with van der Waals surface area (Å²) < 4.78 is 15.3. The molecule has 1 heterocycles. The lowest BCUT2D eigenvalue weighted by Gasteiger charge is -2.10. The van der Waals surface area contributed by atoms with Gasteiger partial charge in [0, 0.05) is 18.4 Å². The van der Waals surface area contributed by atoms with Crippen molar-refractivity contribution < 1.29 is 9.18 Å². The molecule has 2 rings (SSSR count). The maximum absolute atomic E-state index is 13.4. The Morgan fingerprint density at radius 1 is 1.25 bits per heavy atom. The molecule has 4 nitrogen and oxygen atoms in total. The molecule has 0 fully saturated rings. The van der Waals surface area contributed by atoms with Crippen molar-refractivity contribution >= 4 is 11.6 Å². The van der Waals surface area contributed by atoms with E-state index in [4.69, 9.17) is 0 Å². The first-order chi connectivity index (χ1) is 9.70. The van der Waals surface area contributed by atoms with E-state index < -0.39 is 5.82 Å². The van der Waals surface area contributed by atoms with Crippen LogP contribution in [-0.4, -0.2) is 17.0 Å². The predicted octanol–water partition coefficient (Wildman–Crippen LogP) is 2.38. The quantitative estimate of drug-likeness (QED) is 0.850. The number of nitrogens with zero attached hydrogens (tertiary/aromatic N) is 1. The van der Waals surface area contributed by atoms with Gasteiger partial charge in [0.2, 0.25) is 5.91 Å². The molecular formula is C15H18FN3O. The van der Waals surface area contributed by atoms with Crippen molar-refractivity contribution in [3.8, 4) is 0 Å². The van der Waals surface area contributed by atoms with Crippen molar-refractivity contribution in [1.82, 2.24) is 9.88 Å². The highest BCUT2D eigenvalue weighted by Gasteiger charge is 2.08. The highest BCUT2D eigenvalue weighted by molar-refractivity contribution is 5.90. The summed E-state index contributed by atoms with van der Waals surface area (Å²) >= 11 is 0. The van der Waals surface area contributed by atoms with Crippen LogP contribution in [0.3, 0.4) is 0 Å². The highest BCUT2D eigenvalue weighted by atomic mass is 19.1. The molecule has 2 aromatic rings. The first-order valence-electron chi connectivity index (χ1n) is 6.60. The monoisotopic (exact) mass is 275 g/mol. The number of rotatable bonds is 6. The van der Waals surface area contributed by atoms with Gasteiger partial charge in [-0.3, -0.25) is 4.79 Å². The van der Waals surface area contributed by atoms with Crippen LogP contribution in [0.25, 0.3) is 0 Å². The maximum atomic E-state index is 13.4. The number of para-hydroxylation sites is 1. The molecule has 1 amide bonds. The van der Waals surface area contributed by atoms with E-state index >= 15 is 0 Å². The fraction of sp³-hybridized carbons (Fsp3) is 0.267. The van der Waals surface area contributed by atoms with Gasteiger partial charge in [-0.2, -0.15) is 0 Å². The third-order valence-electron chi connectivity index (χ3n) is 2.94. The van der Waals surface area contributed by atoms with E-state index in [1.54, 1.807) is 18.2 Å². The Morgan fingerprint density at radius 2 is 2.05 bits per heavy atom. The Balaban J connectivity index is 1.98. The molecule has 1 aromatic carbocycles. The summed E-state index contributed by atoms with van der Waals surface area (Å²) in [6.07, 6.45) is 1.84. The second-order valence-corrected chi connectivity index (χ2v) is 4.44. The number of benzene rings is 1. The smallest absolute Gasteiger partial charge is 0.244 e. The Labute approximate surface area is 117 Å². The van der Waals surface area contributed by atoms with Crippen LogP contribution in [0.1, 0.15) is 12.6 Å². The largest absolute Gasteiger partial charge is 0.341 e. The van der Waals surface area contributed by atoms with Gasteiger partial charge in [-0.25, -0.2) is 4.39 Å². The van der Waals surface area contributed by atoms with Gasteiger partial charge in [0.05, 0.1) is 5.69 Å². The number of carbonyl (C=O) groups excluding carboxylic acids is 1. The Kier molecular flexibility index (Phi) is 4.90. The number of amides is 1. The molecule has 1 aromatic heterocycles. The fourth-order valence-electron chi connectivity index (χ4n) is 1.92. The molecule has 0 radical (unpaired) electrons. The van der Waals surface area contributed by atoms with Gasteiger partial charge in [0.1, 0.15) is 12.4 Å². The molecule has 0 spiro atoms. The van der Waals surface area contributed by atoms with Crippen LogP contribution in [0.2, 0.25) is 0 Å². The number of carbonyl (C=O) groups is 1. The molecule has 0 aliphatic carbocycles. The van der Waals surface area contributed by atoms with Crippen LogP contribution < -0.4 is 10.6 Å². The van der Waals surface area contributed by atoms with Gasteiger partial charge >= 0.3 is 0 Å². The summed E-state index contributed by atoms with van der Waals surface area (Å²) in [6.45, 7) is 3.77. The summed E-state index contributed by atoms with van der Waals surface area (Å²) in [5.41, 5.74) is 1.23. The SMILES string of the molecule is CCNCc1cccn1CC(=O)Nc1ccccc1F. The number of nitrogens with one attached hydrogen (secondary N) is 2. The van der Waals surface area contributed by atoms with Crippen LogP contribution in [0.4, 0.5) is 10.1 Å². The normalized spacial score (nSPS) is 10.5. The van der Waals surface area contributed by atoms with Crippen molar-refractivity contribution in [2.24, 2.45) is 0 Å². The lowest BCUT2D eigenvalue weighted by Crippen LogP contribution is -2.22. The predicted molar refractivity (Wildman–Crippen MR) is 76.8 cm³/mol. The molecule has 0 saturated heterocycles. The maximum Gasteiger partial charge on any atom is 0.244 e. The molecule has 0 saturated carbocycles. The van der Waals surface area contributed by atoms with Crippen molar-refractivity contribution in [3.63, 3.8) is 0 Å². The summed E-state index contributed by atoms with van der Waals surface area (Å²) in [5.74, 6) is -0.676. The molecule has 0 aliphatic rings. The summed E-state index contributed by atoms with van der Waals surface area (Å²) in [5, 5.41) is 5.79. The Bertz CT molecular complexity index is 580. The molecule has 5 heteroatoms. The molecule has 106 valence electrons. The molecule has 0 unspecified atom stereocenters. The molecule has 0 bridgehead atoms. The molecule has 0 aliphatic heterocycles. The lowest BCUT2D eigenvalue weighted by molar-refractivity contribution is -0.116. The van der Waals surface area contributed by atoms with Gasteiger partial charge in [-0.1, -0.05) is 19.1 Å². The van der Waals surface area contributed by atoms with E-state index in [1.807, 2.05) is 29.8 Å². The fourth-order valence-corrected chi connectivity index (χ4v) is 1.92. The van der Waals surface area contributed by atoms with E-state index in [0.29, 0.717) is 6.54 Å². The zero-order valence-corrected chi connectivity index (χ0v) is 11.4. The number of hydrogen-bond donors (Lipinski definition) is 2. The first-order valence-corrected chi connectivity index (χ1v) is 6.60. The highest BCUT2D eigenvalue weighted by Crippen LogP contribution is 2.12. The number of hydrogen-bond acceptors (Lipinski definition) is 2. The Morgan fingerprint density at radius 3 is 2.80 bits per heavy atom. The van der Waals surface area contributed by atoms with Gasteiger partial charge in [0.25, 0.3) is 0 Å². The summed E-state index contributed by atoms with van der Waals surface area (Å²) in [4.78, 5) is 11.9. The third-order valence-corrected chi connectivity index (χ3v) is 2.94. The number of halogens is 1. The second kappa shape index (κ2) is 6.86. The van der Waals surface area contributed by atoms with Crippen LogP contribution >= 0.6 is 0 Å². The van der Waals surface area contributed by atoms with Crippen molar-refractivity contribution in [3.05, 3.63) is 54.1 Å². The van der Waals surface area contributed by atoms with Crippen LogP contribution in [0.15, 0.2) is 42.6 Å². The zero-order valence-electron chi connectivity index (χ0n) is 11.4. The minimum Gasteiger partial charge on any atom is -0.341 e. The van der Waals surface area contributed by atoms with Crippen LogP contribution in [0.5, 0.6) is 0 Å².